The van der Waals surface area contributed by atoms with Crippen LogP contribution in [0.1, 0.15) is 19.8 Å². The molecule has 1 aromatic rings. The minimum absolute atomic E-state index is 0.0592. The zero-order chi connectivity index (χ0) is 14.8. The van der Waals surface area contributed by atoms with E-state index >= 15 is 0 Å². The third-order valence-electron chi connectivity index (χ3n) is 3.44. The van der Waals surface area contributed by atoms with Gasteiger partial charge in [0, 0.05) is 12.2 Å². The molecule has 0 unspecified atom stereocenters. The van der Waals surface area contributed by atoms with Gasteiger partial charge in [0.1, 0.15) is 6.54 Å². The highest BCUT2D eigenvalue weighted by Gasteiger charge is 2.25. The van der Waals surface area contributed by atoms with Crippen molar-refractivity contribution in [3.05, 3.63) is 24.3 Å². The summed E-state index contributed by atoms with van der Waals surface area (Å²) in [6.45, 7) is 2.26. The number of carbonyl (C=O) groups is 1. The van der Waals surface area contributed by atoms with Crippen LogP contribution >= 0.6 is 0 Å². The van der Waals surface area contributed by atoms with Gasteiger partial charge in [0.2, 0.25) is 0 Å². The zero-order valence-electron chi connectivity index (χ0n) is 11.4. The minimum atomic E-state index is -3.21. The Kier molecular flexibility index (Phi) is 4.32. The van der Waals surface area contributed by atoms with Crippen molar-refractivity contribution in [3.8, 4) is 0 Å². The molecule has 0 saturated heterocycles. The number of anilines is 1. The summed E-state index contributed by atoms with van der Waals surface area (Å²) < 4.78 is 23.5. The van der Waals surface area contributed by atoms with Crippen molar-refractivity contribution in [1.82, 2.24) is 0 Å². The number of hydrogen-bond donors (Lipinski definition) is 1. The Balaban J connectivity index is 2.18. The Bertz CT molecular complexity index is 576. The van der Waals surface area contributed by atoms with E-state index in [1.54, 1.807) is 36.1 Å². The van der Waals surface area contributed by atoms with Gasteiger partial charge in [0.05, 0.1) is 10.6 Å². The first kappa shape index (κ1) is 14.8. The fourth-order valence-electron chi connectivity index (χ4n) is 2.07. The second-order valence-corrected chi connectivity index (χ2v) is 7.39. The van der Waals surface area contributed by atoms with Crippen molar-refractivity contribution in [2.45, 2.75) is 24.7 Å². The van der Waals surface area contributed by atoms with Crippen molar-refractivity contribution in [2.24, 2.45) is 5.92 Å². The van der Waals surface area contributed by atoms with E-state index in [0.717, 1.165) is 18.5 Å². The lowest BCUT2D eigenvalue weighted by Crippen LogP contribution is -2.31. The normalized spacial score (nSPS) is 15.1. The van der Waals surface area contributed by atoms with Crippen LogP contribution < -0.4 is 4.90 Å². The van der Waals surface area contributed by atoms with Crippen LogP contribution in [0.25, 0.3) is 0 Å². The number of hydrogen-bond acceptors (Lipinski definition) is 4. The molecule has 0 heterocycles. The summed E-state index contributed by atoms with van der Waals surface area (Å²) in [5.41, 5.74) is 0.759. The van der Waals surface area contributed by atoms with Gasteiger partial charge < -0.3 is 10.0 Å². The highest BCUT2D eigenvalue weighted by atomic mass is 32.2. The number of sulfone groups is 1. The van der Waals surface area contributed by atoms with Crippen LogP contribution in [-0.2, 0) is 14.6 Å². The summed E-state index contributed by atoms with van der Waals surface area (Å²) in [4.78, 5) is 13.0. The second kappa shape index (κ2) is 5.83. The van der Waals surface area contributed by atoms with Gasteiger partial charge in [-0.2, -0.15) is 0 Å². The summed E-state index contributed by atoms with van der Waals surface area (Å²) in [5.74, 6) is -0.253. The third-order valence-corrected chi connectivity index (χ3v) is 5.19. The van der Waals surface area contributed by atoms with Crippen LogP contribution in [0.3, 0.4) is 0 Å². The topological polar surface area (TPSA) is 74.7 Å². The molecule has 5 nitrogen and oxygen atoms in total. The van der Waals surface area contributed by atoms with E-state index in [0.29, 0.717) is 12.5 Å². The fourth-order valence-corrected chi connectivity index (χ4v) is 2.95. The average Bonchev–Trinajstić information content (AvgIpc) is 3.21. The third kappa shape index (κ3) is 3.72. The molecule has 1 aliphatic carbocycles. The number of nitrogens with zero attached hydrogens (tertiary/aromatic N) is 1. The van der Waals surface area contributed by atoms with Crippen molar-refractivity contribution < 1.29 is 18.3 Å². The second-order valence-electron chi connectivity index (χ2n) is 5.11. The maximum absolute atomic E-state index is 11.7. The van der Waals surface area contributed by atoms with E-state index in [2.05, 4.69) is 0 Å². The molecule has 110 valence electrons. The summed E-state index contributed by atoms with van der Waals surface area (Å²) >= 11 is 0. The molecule has 1 N–H and O–H groups in total. The highest BCUT2D eigenvalue weighted by molar-refractivity contribution is 7.91. The zero-order valence-corrected chi connectivity index (χ0v) is 12.3. The van der Waals surface area contributed by atoms with Crippen molar-refractivity contribution >= 4 is 21.5 Å². The van der Waals surface area contributed by atoms with E-state index in [-0.39, 0.29) is 17.2 Å². The smallest absolute Gasteiger partial charge is 0.323 e. The quantitative estimate of drug-likeness (QED) is 0.830. The van der Waals surface area contributed by atoms with Crippen LogP contribution in [0.2, 0.25) is 0 Å². The Morgan fingerprint density at radius 1 is 1.30 bits per heavy atom. The van der Waals surface area contributed by atoms with Gasteiger partial charge in [-0.1, -0.05) is 6.92 Å². The molecule has 1 aromatic carbocycles. The van der Waals surface area contributed by atoms with E-state index in [1.807, 2.05) is 0 Å². The molecule has 0 bridgehead atoms. The molecular formula is C14H19NO4S. The van der Waals surface area contributed by atoms with Crippen LogP contribution in [0, 0.1) is 5.92 Å². The molecular weight excluding hydrogens is 278 g/mol. The molecule has 0 spiro atoms. The van der Waals surface area contributed by atoms with Gasteiger partial charge in [-0.25, -0.2) is 8.42 Å². The molecule has 1 aliphatic rings. The minimum Gasteiger partial charge on any atom is -0.480 e. The predicted molar refractivity (Wildman–Crippen MR) is 76.7 cm³/mol. The molecule has 6 heteroatoms. The lowest BCUT2D eigenvalue weighted by atomic mass is 10.2. The first-order valence-corrected chi connectivity index (χ1v) is 8.37. The average molecular weight is 297 g/mol. The van der Waals surface area contributed by atoms with E-state index in [4.69, 9.17) is 5.11 Å². The number of benzene rings is 1. The highest BCUT2D eigenvalue weighted by Crippen LogP contribution is 2.31. The van der Waals surface area contributed by atoms with Crippen molar-refractivity contribution in [2.75, 3.05) is 23.7 Å². The maximum atomic E-state index is 11.7. The number of carboxylic acids is 1. The Morgan fingerprint density at radius 3 is 2.35 bits per heavy atom. The molecule has 0 aromatic heterocycles. The standard InChI is InChI=1S/C14H19NO4S/c1-2-20(18,19)13-7-5-12(6-8-13)15(10-14(16)17)9-11-3-4-11/h5-8,11H,2-4,9-10H2,1H3,(H,16,17). The Labute approximate surface area is 119 Å². The van der Waals surface area contributed by atoms with Gasteiger partial charge >= 0.3 is 5.97 Å². The lowest BCUT2D eigenvalue weighted by Gasteiger charge is -2.23. The molecule has 0 amide bonds. The van der Waals surface area contributed by atoms with Crippen LogP contribution in [0.15, 0.2) is 29.2 Å². The maximum Gasteiger partial charge on any atom is 0.323 e. The first-order valence-electron chi connectivity index (χ1n) is 6.72. The number of carboxylic acid groups (broad SMARTS) is 1. The SMILES string of the molecule is CCS(=O)(=O)c1ccc(N(CC(=O)O)CC2CC2)cc1. The van der Waals surface area contributed by atoms with E-state index in [9.17, 15) is 13.2 Å². The molecule has 0 atom stereocenters. The summed E-state index contributed by atoms with van der Waals surface area (Å²) in [7, 11) is -3.21. The summed E-state index contributed by atoms with van der Waals surface area (Å²) in [6.07, 6.45) is 2.27. The van der Waals surface area contributed by atoms with Crippen LogP contribution in [0.4, 0.5) is 5.69 Å². The van der Waals surface area contributed by atoms with Gasteiger partial charge in [-0.15, -0.1) is 0 Å². The molecule has 1 saturated carbocycles. The molecule has 0 radical (unpaired) electrons. The van der Waals surface area contributed by atoms with Gasteiger partial charge in [0.15, 0.2) is 9.84 Å². The van der Waals surface area contributed by atoms with E-state index in [1.165, 1.54) is 0 Å². The fraction of sp³-hybridized carbons (Fsp3) is 0.500. The summed E-state index contributed by atoms with van der Waals surface area (Å²) in [5, 5.41) is 8.96. The number of rotatable bonds is 7. The molecule has 0 aliphatic heterocycles. The van der Waals surface area contributed by atoms with Crippen molar-refractivity contribution in [3.63, 3.8) is 0 Å². The summed E-state index contributed by atoms with van der Waals surface area (Å²) in [6, 6.07) is 6.48. The van der Waals surface area contributed by atoms with Gasteiger partial charge in [-0.05, 0) is 43.0 Å². The Hall–Kier alpha value is -1.56. The lowest BCUT2D eigenvalue weighted by molar-refractivity contribution is -0.135. The van der Waals surface area contributed by atoms with Gasteiger partial charge in [0.25, 0.3) is 0 Å². The van der Waals surface area contributed by atoms with Crippen LogP contribution in [0.5, 0.6) is 0 Å². The largest absolute Gasteiger partial charge is 0.480 e. The van der Waals surface area contributed by atoms with Gasteiger partial charge in [-0.3, -0.25) is 4.79 Å². The predicted octanol–water partition coefficient (Wildman–Crippen LogP) is 1.78. The number of aliphatic carboxylic acids is 1. The first-order chi connectivity index (χ1) is 9.42. The monoisotopic (exact) mass is 297 g/mol. The Morgan fingerprint density at radius 2 is 1.90 bits per heavy atom. The van der Waals surface area contributed by atoms with E-state index < -0.39 is 15.8 Å². The molecule has 20 heavy (non-hydrogen) atoms. The van der Waals surface area contributed by atoms with Crippen molar-refractivity contribution in [1.29, 1.82) is 0 Å². The molecule has 1 fully saturated rings. The van der Waals surface area contributed by atoms with Crippen LogP contribution in [-0.4, -0.2) is 38.3 Å². The molecule has 2 rings (SSSR count).